The molecule has 0 aliphatic carbocycles. The average Bonchev–Trinajstić information content (AvgIpc) is 2.30. The van der Waals surface area contributed by atoms with Crippen LogP contribution in [0.4, 0.5) is 0 Å². The molecule has 0 aliphatic heterocycles. The van der Waals surface area contributed by atoms with E-state index in [0.717, 1.165) is 5.88 Å². The number of benzene rings is 1. The maximum absolute atomic E-state index is 5.67. The predicted molar refractivity (Wildman–Crippen MR) is 77.6 cm³/mol. The Morgan fingerprint density at radius 1 is 0.938 bits per heavy atom. The smallest absolute Gasteiger partial charge is 0.0806 e. The normalized spacial score (nSPS) is 11.7. The summed E-state index contributed by atoms with van der Waals surface area (Å²) in [4.78, 5) is 0. The number of unbranched alkanes of at least 4 members (excludes halogenated alkanes) is 3. The molecule has 0 bridgehead atoms. The van der Waals surface area contributed by atoms with E-state index in [2.05, 4.69) is 43.4 Å². The van der Waals surface area contributed by atoms with Gasteiger partial charge in [0.1, 0.15) is 0 Å². The van der Waals surface area contributed by atoms with E-state index in [0.29, 0.717) is 0 Å². The molecule has 0 saturated carbocycles. The molecule has 1 aromatic rings. The van der Waals surface area contributed by atoms with E-state index in [1.54, 1.807) is 5.19 Å². The molecule has 0 aromatic heterocycles. The van der Waals surface area contributed by atoms with Crippen LogP contribution in [0.25, 0.3) is 0 Å². The minimum Gasteiger partial charge on any atom is -0.127 e. The first kappa shape index (κ1) is 13.8. The molecule has 0 unspecified atom stereocenters. The highest BCUT2D eigenvalue weighted by molar-refractivity contribution is 6.89. The molecule has 2 heteroatoms. The van der Waals surface area contributed by atoms with Gasteiger partial charge in [0, 0.05) is 5.88 Å². The topological polar surface area (TPSA) is 0 Å². The fourth-order valence-corrected chi connectivity index (χ4v) is 4.76. The second-order valence-corrected chi connectivity index (χ2v) is 10.3. The number of alkyl halides is 1. The Balaban J connectivity index is 2.35. The Bertz CT molecular complexity index is 282. The van der Waals surface area contributed by atoms with Crippen molar-refractivity contribution < 1.29 is 0 Å². The molecule has 1 rings (SSSR count). The highest BCUT2D eigenvalue weighted by atomic mass is 35.5. The Kier molecular flexibility index (Phi) is 6.15. The molecule has 90 valence electrons. The van der Waals surface area contributed by atoms with Crippen molar-refractivity contribution in [2.45, 2.75) is 44.8 Å². The number of hydrogen-bond donors (Lipinski definition) is 0. The zero-order valence-electron chi connectivity index (χ0n) is 10.5. The van der Waals surface area contributed by atoms with Gasteiger partial charge in [0.05, 0.1) is 8.07 Å². The van der Waals surface area contributed by atoms with E-state index >= 15 is 0 Å². The van der Waals surface area contributed by atoms with Gasteiger partial charge in [-0.15, -0.1) is 11.6 Å². The summed E-state index contributed by atoms with van der Waals surface area (Å²) in [7, 11) is -1.17. The number of halogens is 1. The standard InChI is InChI=1S/C14H23ClSi/c1-16(2,13-9-4-3-8-12-15)14-10-6-5-7-11-14/h5-7,10-11H,3-4,8-9,12-13H2,1-2H3. The third-order valence-corrected chi connectivity index (χ3v) is 7.01. The van der Waals surface area contributed by atoms with Crippen LogP contribution in [-0.2, 0) is 0 Å². The predicted octanol–water partition coefficient (Wildman–Crippen LogP) is 4.40. The highest BCUT2D eigenvalue weighted by Gasteiger charge is 2.21. The van der Waals surface area contributed by atoms with Gasteiger partial charge in [0.25, 0.3) is 0 Å². The molecule has 0 fully saturated rings. The average molecular weight is 255 g/mol. The zero-order valence-corrected chi connectivity index (χ0v) is 12.3. The van der Waals surface area contributed by atoms with Gasteiger partial charge in [-0.3, -0.25) is 0 Å². The van der Waals surface area contributed by atoms with Gasteiger partial charge in [-0.25, -0.2) is 0 Å². The summed E-state index contributed by atoms with van der Waals surface area (Å²) in [6.45, 7) is 4.95. The lowest BCUT2D eigenvalue weighted by atomic mass is 10.2. The number of rotatable bonds is 7. The summed E-state index contributed by atoms with van der Waals surface area (Å²) >= 11 is 5.67. The fourth-order valence-electron chi connectivity index (χ4n) is 2.05. The lowest BCUT2D eigenvalue weighted by molar-refractivity contribution is 0.700. The molecule has 0 saturated heterocycles. The number of hydrogen-bond acceptors (Lipinski definition) is 0. The Morgan fingerprint density at radius 3 is 2.19 bits per heavy atom. The van der Waals surface area contributed by atoms with Gasteiger partial charge < -0.3 is 0 Å². The molecule has 0 atom stereocenters. The minimum atomic E-state index is -1.17. The van der Waals surface area contributed by atoms with E-state index < -0.39 is 8.07 Å². The molecule has 0 amide bonds. The van der Waals surface area contributed by atoms with Crippen LogP contribution in [0.1, 0.15) is 25.7 Å². The summed E-state index contributed by atoms with van der Waals surface area (Å²) in [6.07, 6.45) is 5.18. The lowest BCUT2D eigenvalue weighted by Crippen LogP contribution is -2.40. The van der Waals surface area contributed by atoms with Gasteiger partial charge in [0.15, 0.2) is 0 Å². The highest BCUT2D eigenvalue weighted by Crippen LogP contribution is 2.15. The molecule has 0 aliphatic rings. The van der Waals surface area contributed by atoms with Crippen LogP contribution in [0.2, 0.25) is 19.1 Å². The van der Waals surface area contributed by atoms with Gasteiger partial charge in [0.2, 0.25) is 0 Å². The largest absolute Gasteiger partial charge is 0.127 e. The van der Waals surface area contributed by atoms with E-state index in [-0.39, 0.29) is 0 Å². The fraction of sp³-hybridized carbons (Fsp3) is 0.571. The zero-order chi connectivity index (χ0) is 11.9. The van der Waals surface area contributed by atoms with Crippen molar-refractivity contribution in [1.29, 1.82) is 0 Å². The maximum atomic E-state index is 5.67. The third kappa shape index (κ3) is 4.71. The van der Waals surface area contributed by atoms with E-state index in [1.165, 1.54) is 31.7 Å². The molecular formula is C14H23ClSi. The molecule has 0 radical (unpaired) electrons. The van der Waals surface area contributed by atoms with Crippen molar-refractivity contribution in [2.75, 3.05) is 5.88 Å². The summed E-state index contributed by atoms with van der Waals surface area (Å²) < 4.78 is 0. The molecule has 0 nitrogen and oxygen atoms in total. The lowest BCUT2D eigenvalue weighted by Gasteiger charge is -2.22. The third-order valence-electron chi connectivity index (χ3n) is 3.24. The maximum Gasteiger partial charge on any atom is 0.0806 e. The van der Waals surface area contributed by atoms with Gasteiger partial charge in [-0.1, -0.05) is 73.9 Å². The van der Waals surface area contributed by atoms with Crippen LogP contribution in [-0.4, -0.2) is 14.0 Å². The summed E-state index contributed by atoms with van der Waals surface area (Å²) in [5, 5.41) is 1.59. The molecule has 16 heavy (non-hydrogen) atoms. The summed E-state index contributed by atoms with van der Waals surface area (Å²) in [5.74, 6) is 0.819. The van der Waals surface area contributed by atoms with Gasteiger partial charge >= 0.3 is 0 Å². The summed E-state index contributed by atoms with van der Waals surface area (Å²) in [5.41, 5.74) is 0. The molecule has 0 spiro atoms. The van der Waals surface area contributed by atoms with Crippen LogP contribution in [0.15, 0.2) is 30.3 Å². The second-order valence-electron chi connectivity index (χ2n) is 5.10. The quantitative estimate of drug-likeness (QED) is 0.384. The van der Waals surface area contributed by atoms with Crippen LogP contribution >= 0.6 is 11.6 Å². The first-order valence-corrected chi connectivity index (χ1v) is 10.0. The summed E-state index contributed by atoms with van der Waals surface area (Å²) in [6, 6.07) is 12.4. The van der Waals surface area contributed by atoms with Gasteiger partial charge in [-0.2, -0.15) is 0 Å². The van der Waals surface area contributed by atoms with E-state index in [4.69, 9.17) is 11.6 Å². The van der Waals surface area contributed by atoms with E-state index in [9.17, 15) is 0 Å². The molecular weight excluding hydrogens is 232 g/mol. The van der Waals surface area contributed by atoms with E-state index in [1.807, 2.05) is 0 Å². The van der Waals surface area contributed by atoms with Crippen molar-refractivity contribution in [3.8, 4) is 0 Å². The van der Waals surface area contributed by atoms with Crippen molar-refractivity contribution in [3.05, 3.63) is 30.3 Å². The second kappa shape index (κ2) is 7.13. The van der Waals surface area contributed by atoms with Crippen molar-refractivity contribution in [3.63, 3.8) is 0 Å². The first-order chi connectivity index (χ1) is 7.67. The Hall–Kier alpha value is -0.273. The first-order valence-electron chi connectivity index (χ1n) is 6.28. The van der Waals surface area contributed by atoms with Crippen molar-refractivity contribution in [1.82, 2.24) is 0 Å². The minimum absolute atomic E-state index is 0.819. The molecule has 1 aromatic carbocycles. The SMILES string of the molecule is C[Si](C)(CCCCCCCl)c1ccccc1. The van der Waals surface area contributed by atoms with Crippen LogP contribution in [0.5, 0.6) is 0 Å². The van der Waals surface area contributed by atoms with Gasteiger partial charge in [-0.05, 0) is 6.42 Å². The molecule has 0 N–H and O–H groups in total. The Labute approximate surface area is 106 Å². The van der Waals surface area contributed by atoms with Crippen LogP contribution in [0, 0.1) is 0 Å². The monoisotopic (exact) mass is 254 g/mol. The van der Waals surface area contributed by atoms with Crippen LogP contribution in [0.3, 0.4) is 0 Å². The van der Waals surface area contributed by atoms with Crippen molar-refractivity contribution in [2.24, 2.45) is 0 Å². The molecule has 0 heterocycles. The Morgan fingerprint density at radius 2 is 1.56 bits per heavy atom. The van der Waals surface area contributed by atoms with Crippen LogP contribution < -0.4 is 5.19 Å². The van der Waals surface area contributed by atoms with Crippen molar-refractivity contribution >= 4 is 24.9 Å².